The van der Waals surface area contributed by atoms with Crippen LogP contribution in [0, 0.1) is 0 Å². The summed E-state index contributed by atoms with van der Waals surface area (Å²) < 4.78 is 0. The molecule has 4 rings (SSSR count). The summed E-state index contributed by atoms with van der Waals surface area (Å²) in [7, 11) is 0. The van der Waals surface area contributed by atoms with Gasteiger partial charge in [0, 0.05) is 18.3 Å². The van der Waals surface area contributed by atoms with Crippen molar-refractivity contribution < 1.29 is 14.4 Å². The number of fused-ring (bicyclic) bond motifs is 1. The van der Waals surface area contributed by atoms with Gasteiger partial charge in [-0.1, -0.05) is 60.7 Å². The van der Waals surface area contributed by atoms with Crippen LogP contribution in [0.2, 0.25) is 0 Å². The Morgan fingerprint density at radius 2 is 1.62 bits per heavy atom. The molecule has 4 amide bonds. The van der Waals surface area contributed by atoms with Gasteiger partial charge in [0.25, 0.3) is 5.91 Å². The number of urea groups is 1. The third-order valence-electron chi connectivity index (χ3n) is 4.65. The molecule has 0 saturated carbocycles. The Morgan fingerprint density at radius 3 is 2.34 bits per heavy atom. The predicted molar refractivity (Wildman–Crippen MR) is 110 cm³/mol. The molecule has 0 bridgehead atoms. The lowest BCUT2D eigenvalue weighted by atomic mass is 9.99. The van der Waals surface area contributed by atoms with E-state index in [1.165, 1.54) is 6.20 Å². The minimum Gasteiger partial charge on any atom is -0.354 e. The molecule has 2 aliphatic rings. The van der Waals surface area contributed by atoms with Crippen molar-refractivity contribution in [2.24, 2.45) is 9.98 Å². The third kappa shape index (κ3) is 3.89. The van der Waals surface area contributed by atoms with Crippen LogP contribution in [0.15, 0.2) is 76.8 Å². The maximum absolute atomic E-state index is 12.7. The standard InChI is InChI=1S/C22H18N4O3/c27-18(23-12-11-15-7-3-1-4-8-15)14-26-21(28)20-19(25-22(26)29)17(13-24-20)16-9-5-2-6-10-16/h1-10,13H,11-12,14H2,(H,23,27). The van der Waals surface area contributed by atoms with Crippen molar-refractivity contribution in [1.29, 1.82) is 0 Å². The van der Waals surface area contributed by atoms with Crippen molar-refractivity contribution in [1.82, 2.24) is 10.2 Å². The van der Waals surface area contributed by atoms with Gasteiger partial charge in [-0.05, 0) is 17.5 Å². The molecule has 7 heteroatoms. The molecule has 2 aliphatic heterocycles. The first-order valence-electron chi connectivity index (χ1n) is 9.23. The van der Waals surface area contributed by atoms with Gasteiger partial charge in [0.15, 0.2) is 5.71 Å². The maximum atomic E-state index is 12.7. The minimum atomic E-state index is -0.758. The minimum absolute atomic E-state index is 0.0838. The summed E-state index contributed by atoms with van der Waals surface area (Å²) in [5.74, 6) is -1.03. The van der Waals surface area contributed by atoms with Gasteiger partial charge in [0.1, 0.15) is 12.3 Å². The van der Waals surface area contributed by atoms with E-state index < -0.39 is 17.8 Å². The molecule has 0 atom stereocenters. The third-order valence-corrected chi connectivity index (χ3v) is 4.65. The van der Waals surface area contributed by atoms with E-state index in [2.05, 4.69) is 15.3 Å². The fourth-order valence-electron chi connectivity index (χ4n) is 3.18. The van der Waals surface area contributed by atoms with Gasteiger partial charge >= 0.3 is 6.03 Å². The summed E-state index contributed by atoms with van der Waals surface area (Å²) in [5.41, 5.74) is 2.87. The van der Waals surface area contributed by atoms with E-state index in [1.807, 2.05) is 60.7 Å². The van der Waals surface area contributed by atoms with Crippen LogP contribution in [0.25, 0.3) is 5.57 Å². The van der Waals surface area contributed by atoms with E-state index in [-0.39, 0.29) is 18.0 Å². The number of benzene rings is 2. The van der Waals surface area contributed by atoms with Gasteiger partial charge in [-0.25, -0.2) is 14.7 Å². The second-order valence-electron chi connectivity index (χ2n) is 6.61. The Morgan fingerprint density at radius 1 is 0.931 bits per heavy atom. The lowest BCUT2D eigenvalue weighted by Crippen LogP contribution is -2.50. The van der Waals surface area contributed by atoms with Gasteiger partial charge < -0.3 is 5.32 Å². The molecular weight excluding hydrogens is 368 g/mol. The molecule has 0 saturated heterocycles. The number of hydrogen-bond acceptors (Lipinski definition) is 4. The number of nitrogens with zero attached hydrogens (tertiary/aromatic N) is 3. The van der Waals surface area contributed by atoms with Crippen molar-refractivity contribution in [3.05, 3.63) is 78.0 Å². The SMILES string of the molecule is O=C(CN1C(=O)N=C2C(c3ccccc3)=CN=C2C1=O)NCCc1ccccc1. The van der Waals surface area contributed by atoms with Crippen LogP contribution in [-0.4, -0.2) is 47.3 Å². The zero-order chi connectivity index (χ0) is 20.2. The van der Waals surface area contributed by atoms with Crippen LogP contribution in [0.4, 0.5) is 4.79 Å². The number of carbonyl (C=O) groups excluding carboxylic acids is 3. The Bertz CT molecular complexity index is 1060. The number of rotatable bonds is 6. The van der Waals surface area contributed by atoms with Crippen LogP contribution in [0.3, 0.4) is 0 Å². The Labute approximate surface area is 167 Å². The first-order chi connectivity index (χ1) is 14.1. The molecule has 29 heavy (non-hydrogen) atoms. The molecule has 7 nitrogen and oxygen atoms in total. The number of hydrogen-bond donors (Lipinski definition) is 1. The van der Waals surface area contributed by atoms with Crippen LogP contribution < -0.4 is 5.32 Å². The monoisotopic (exact) mass is 386 g/mol. The number of amides is 4. The van der Waals surface area contributed by atoms with Crippen LogP contribution in [0.5, 0.6) is 0 Å². The van der Waals surface area contributed by atoms with Crippen molar-refractivity contribution in [2.45, 2.75) is 6.42 Å². The first-order valence-corrected chi connectivity index (χ1v) is 9.23. The van der Waals surface area contributed by atoms with Crippen molar-refractivity contribution >= 4 is 34.8 Å². The number of aliphatic imine (C=N–C) groups is 2. The molecule has 2 aromatic rings. The molecule has 0 aromatic heterocycles. The average molecular weight is 386 g/mol. The topological polar surface area (TPSA) is 91.2 Å². The lowest BCUT2D eigenvalue weighted by molar-refractivity contribution is -0.128. The summed E-state index contributed by atoms with van der Waals surface area (Å²) in [6.07, 6.45) is 2.19. The number of allylic oxidation sites excluding steroid dienone is 1. The van der Waals surface area contributed by atoms with E-state index in [0.29, 0.717) is 18.5 Å². The van der Waals surface area contributed by atoms with Crippen molar-refractivity contribution in [3.8, 4) is 0 Å². The van der Waals surface area contributed by atoms with E-state index >= 15 is 0 Å². The maximum Gasteiger partial charge on any atom is 0.351 e. The Hall–Kier alpha value is -3.87. The summed E-state index contributed by atoms with van der Waals surface area (Å²) >= 11 is 0. The highest BCUT2D eigenvalue weighted by Crippen LogP contribution is 2.25. The fourth-order valence-corrected chi connectivity index (χ4v) is 3.18. The van der Waals surface area contributed by atoms with Crippen LogP contribution in [-0.2, 0) is 16.0 Å². The molecule has 0 fully saturated rings. The summed E-state index contributed by atoms with van der Waals surface area (Å²) in [5, 5.41) is 2.73. The Balaban J connectivity index is 1.40. The number of nitrogens with one attached hydrogen (secondary N) is 1. The molecule has 2 aromatic carbocycles. The van der Waals surface area contributed by atoms with Gasteiger partial charge in [0.2, 0.25) is 5.91 Å². The lowest BCUT2D eigenvalue weighted by Gasteiger charge is -2.23. The van der Waals surface area contributed by atoms with E-state index in [4.69, 9.17) is 0 Å². The van der Waals surface area contributed by atoms with Gasteiger partial charge in [-0.2, -0.15) is 4.99 Å². The smallest absolute Gasteiger partial charge is 0.351 e. The van der Waals surface area contributed by atoms with Gasteiger partial charge in [0.05, 0.1) is 0 Å². The summed E-state index contributed by atoms with van der Waals surface area (Å²) in [6, 6.07) is 18.3. The molecule has 1 N–H and O–H groups in total. The van der Waals surface area contributed by atoms with E-state index in [1.54, 1.807) is 0 Å². The molecule has 144 valence electrons. The molecule has 0 unspecified atom stereocenters. The second-order valence-corrected chi connectivity index (χ2v) is 6.61. The summed E-state index contributed by atoms with van der Waals surface area (Å²) in [6.45, 7) is 0.0250. The normalized spacial score (nSPS) is 15.4. The highest BCUT2D eigenvalue weighted by atomic mass is 16.2. The number of imide groups is 1. The van der Waals surface area contributed by atoms with Crippen molar-refractivity contribution in [2.75, 3.05) is 13.1 Å². The van der Waals surface area contributed by atoms with Gasteiger partial charge in [-0.3, -0.25) is 9.59 Å². The van der Waals surface area contributed by atoms with Crippen LogP contribution >= 0.6 is 0 Å². The zero-order valence-corrected chi connectivity index (χ0v) is 15.5. The zero-order valence-electron chi connectivity index (χ0n) is 15.5. The highest BCUT2D eigenvalue weighted by molar-refractivity contribution is 6.78. The molecule has 2 heterocycles. The average Bonchev–Trinajstić information content (AvgIpc) is 3.16. The van der Waals surface area contributed by atoms with E-state index in [0.717, 1.165) is 16.0 Å². The predicted octanol–water partition coefficient (Wildman–Crippen LogP) is 2.24. The van der Waals surface area contributed by atoms with Gasteiger partial charge in [-0.15, -0.1) is 0 Å². The molecule has 0 spiro atoms. The second kappa shape index (κ2) is 8.02. The quantitative estimate of drug-likeness (QED) is 0.825. The van der Waals surface area contributed by atoms with E-state index in [9.17, 15) is 14.4 Å². The largest absolute Gasteiger partial charge is 0.354 e. The van der Waals surface area contributed by atoms with Crippen LogP contribution in [0.1, 0.15) is 11.1 Å². The first kappa shape index (κ1) is 18.5. The van der Waals surface area contributed by atoms with Crippen molar-refractivity contribution in [3.63, 3.8) is 0 Å². The number of carbonyl (C=O) groups is 3. The molecule has 0 radical (unpaired) electrons. The summed E-state index contributed by atoms with van der Waals surface area (Å²) in [4.78, 5) is 46.3. The highest BCUT2D eigenvalue weighted by Gasteiger charge is 2.38. The molecular formula is C22H18N4O3. The molecule has 0 aliphatic carbocycles. The fraction of sp³-hybridized carbons (Fsp3) is 0.136. The Kier molecular flexibility index (Phi) is 5.11.